The van der Waals surface area contributed by atoms with Crippen molar-refractivity contribution in [3.05, 3.63) is 48.5 Å². The van der Waals surface area contributed by atoms with Gasteiger partial charge in [-0.1, -0.05) is 0 Å². The summed E-state index contributed by atoms with van der Waals surface area (Å²) in [6.07, 6.45) is 7.05. The highest BCUT2D eigenvalue weighted by molar-refractivity contribution is 5.85. The van der Waals surface area contributed by atoms with E-state index in [1.54, 1.807) is 0 Å². The third kappa shape index (κ3) is 11.1. The monoisotopic (exact) mass is 566 g/mol. The molecular weight excluding hydrogens is 512 g/mol. The van der Waals surface area contributed by atoms with Gasteiger partial charge in [-0.25, -0.2) is 4.79 Å². The van der Waals surface area contributed by atoms with E-state index >= 15 is 0 Å². The molecule has 2 heterocycles. The molecule has 4 rings (SSSR count). The maximum absolute atomic E-state index is 11.8. The molecule has 8 nitrogen and oxygen atoms in total. The molecule has 2 aliphatic rings. The summed E-state index contributed by atoms with van der Waals surface area (Å²) in [4.78, 5) is 21.4. The molecule has 0 radical (unpaired) electrons. The molecule has 228 valence electrons. The maximum Gasteiger partial charge on any atom is 0.412 e. The smallest absolute Gasteiger partial charge is 0.412 e. The molecule has 2 saturated heterocycles. The number of rotatable bonds is 5. The lowest BCUT2D eigenvalue weighted by Crippen LogP contribution is -2.30. The lowest BCUT2D eigenvalue weighted by molar-refractivity contribution is 0.0636. The first-order valence-electron chi connectivity index (χ1n) is 15.2. The van der Waals surface area contributed by atoms with Crippen LogP contribution in [0.2, 0.25) is 0 Å². The van der Waals surface area contributed by atoms with E-state index in [1.165, 1.54) is 49.9 Å². The summed E-state index contributed by atoms with van der Waals surface area (Å²) in [5, 5.41) is 2.78. The van der Waals surface area contributed by atoms with Gasteiger partial charge in [-0.15, -0.1) is 0 Å². The minimum absolute atomic E-state index is 0.418. The molecule has 1 amide bonds. The Morgan fingerprint density at radius 3 is 1.61 bits per heavy atom. The fraction of sp³-hybridized carbons (Fsp3) is 0.606. The first kappa shape index (κ1) is 32.5. The molecular formula is C33H54N6O2. The quantitative estimate of drug-likeness (QED) is 0.421. The summed E-state index contributed by atoms with van der Waals surface area (Å²) in [5.74, 6) is 0. The highest BCUT2D eigenvalue weighted by Crippen LogP contribution is 2.24. The topological polar surface area (TPSA) is 77.3 Å². The summed E-state index contributed by atoms with van der Waals surface area (Å²) in [6.45, 7) is 10.0. The molecule has 41 heavy (non-hydrogen) atoms. The minimum Gasteiger partial charge on any atom is -0.444 e. The Labute approximate surface area is 248 Å². The molecule has 2 atom stereocenters. The van der Waals surface area contributed by atoms with Crippen LogP contribution in [0.4, 0.5) is 27.5 Å². The van der Waals surface area contributed by atoms with Gasteiger partial charge in [0.05, 0.1) is 0 Å². The number of nitrogen functional groups attached to an aromatic ring is 1. The Bertz CT molecular complexity index is 1050. The van der Waals surface area contributed by atoms with Crippen molar-refractivity contribution in [3.63, 3.8) is 0 Å². The molecule has 0 aromatic heterocycles. The minimum atomic E-state index is -0.487. The van der Waals surface area contributed by atoms with Crippen LogP contribution in [0.25, 0.3) is 0 Å². The Hall–Kier alpha value is -2.97. The summed E-state index contributed by atoms with van der Waals surface area (Å²) in [7, 11) is 8.70. The molecule has 8 heteroatoms. The molecule has 3 N–H and O–H groups in total. The van der Waals surface area contributed by atoms with Crippen LogP contribution in [0.15, 0.2) is 48.5 Å². The normalized spacial score (nSPS) is 20.1. The van der Waals surface area contributed by atoms with Crippen molar-refractivity contribution in [2.24, 2.45) is 0 Å². The van der Waals surface area contributed by atoms with Crippen LogP contribution in [0.5, 0.6) is 0 Å². The SMILES string of the molecule is CN(C)C1CCCN(c2ccc(N)cc2)CC1.CN(C)C1CCCN(c2ccc(NC(=O)OC(C)(C)C)cc2)CC1. The molecule has 2 aromatic rings. The number of hydrogen-bond donors (Lipinski definition) is 2. The number of hydrogen-bond acceptors (Lipinski definition) is 7. The predicted octanol–water partition coefficient (Wildman–Crippen LogP) is 6.14. The second-order valence-electron chi connectivity index (χ2n) is 12.8. The molecule has 0 bridgehead atoms. The first-order valence-corrected chi connectivity index (χ1v) is 15.2. The molecule has 0 saturated carbocycles. The number of amides is 1. The van der Waals surface area contributed by atoms with Gasteiger partial charge in [-0.3, -0.25) is 5.32 Å². The number of anilines is 4. The zero-order chi connectivity index (χ0) is 30.0. The third-order valence-corrected chi connectivity index (χ3v) is 7.99. The summed E-state index contributed by atoms with van der Waals surface area (Å²) >= 11 is 0. The van der Waals surface area contributed by atoms with Crippen molar-refractivity contribution in [1.29, 1.82) is 0 Å². The van der Waals surface area contributed by atoms with Gasteiger partial charge in [0.25, 0.3) is 0 Å². The van der Waals surface area contributed by atoms with Crippen LogP contribution in [0, 0.1) is 0 Å². The standard InChI is InChI=1S/C19H31N3O2.C14H23N3/c1-19(2,3)24-18(23)20-15-8-10-17(11-9-15)22-13-6-7-16(12-14-22)21(4)5;1-16(2)13-4-3-10-17(11-9-13)14-7-5-12(15)6-8-14/h8-11,16H,6-7,12-14H2,1-5H3,(H,20,23);5-8,13H,3-4,9-11,15H2,1-2H3. The number of ether oxygens (including phenoxy) is 1. The maximum atomic E-state index is 11.8. The number of carbonyl (C=O) groups is 1. The zero-order valence-electron chi connectivity index (χ0n) is 26.5. The van der Waals surface area contributed by atoms with E-state index in [0.717, 1.165) is 43.6 Å². The molecule has 2 fully saturated rings. The Balaban J connectivity index is 0.000000239. The van der Waals surface area contributed by atoms with E-state index in [1.807, 2.05) is 45.0 Å². The van der Waals surface area contributed by atoms with E-state index in [0.29, 0.717) is 6.04 Å². The van der Waals surface area contributed by atoms with E-state index in [-0.39, 0.29) is 0 Å². The van der Waals surface area contributed by atoms with E-state index < -0.39 is 11.7 Å². The average molecular weight is 567 g/mol. The van der Waals surface area contributed by atoms with Crippen LogP contribution in [0.1, 0.15) is 59.3 Å². The third-order valence-electron chi connectivity index (χ3n) is 7.99. The highest BCUT2D eigenvalue weighted by atomic mass is 16.6. The van der Waals surface area contributed by atoms with Crippen molar-refractivity contribution in [2.45, 2.75) is 77.0 Å². The molecule has 2 aliphatic heterocycles. The Kier molecular flexibility index (Phi) is 12.2. The fourth-order valence-corrected chi connectivity index (χ4v) is 5.57. The first-order chi connectivity index (χ1) is 19.4. The van der Waals surface area contributed by atoms with Crippen molar-refractivity contribution < 1.29 is 9.53 Å². The number of benzene rings is 2. The zero-order valence-corrected chi connectivity index (χ0v) is 26.5. The van der Waals surface area contributed by atoms with Crippen LogP contribution in [-0.4, -0.2) is 87.9 Å². The second-order valence-corrected chi connectivity index (χ2v) is 12.8. The number of nitrogens with two attached hydrogens (primary N) is 1. The molecule has 2 aromatic carbocycles. The Morgan fingerprint density at radius 2 is 1.20 bits per heavy atom. The average Bonchev–Trinajstić information content (AvgIpc) is 3.31. The largest absolute Gasteiger partial charge is 0.444 e. The molecule has 0 spiro atoms. The molecule has 0 aliphatic carbocycles. The van der Waals surface area contributed by atoms with Gasteiger partial charge in [-0.2, -0.15) is 0 Å². The van der Waals surface area contributed by atoms with Gasteiger partial charge in [0.2, 0.25) is 0 Å². The van der Waals surface area contributed by atoms with Crippen molar-refractivity contribution in [3.8, 4) is 0 Å². The Morgan fingerprint density at radius 1 is 0.756 bits per heavy atom. The predicted molar refractivity (Wildman–Crippen MR) is 174 cm³/mol. The number of nitrogens with one attached hydrogen (secondary N) is 1. The van der Waals surface area contributed by atoms with Gasteiger partial charge in [-0.05, 0) is 136 Å². The van der Waals surface area contributed by atoms with Crippen LogP contribution < -0.4 is 20.9 Å². The lowest BCUT2D eigenvalue weighted by atomic mass is 10.1. The summed E-state index contributed by atoms with van der Waals surface area (Å²) in [6, 6.07) is 17.7. The fourth-order valence-electron chi connectivity index (χ4n) is 5.57. The van der Waals surface area contributed by atoms with Crippen LogP contribution >= 0.6 is 0 Å². The summed E-state index contributed by atoms with van der Waals surface area (Å²) in [5.41, 5.74) is 9.35. The van der Waals surface area contributed by atoms with Crippen molar-refractivity contribution in [2.75, 3.05) is 75.2 Å². The number of carbonyl (C=O) groups excluding carboxylic acids is 1. The van der Waals surface area contributed by atoms with Gasteiger partial charge in [0.1, 0.15) is 5.60 Å². The number of nitrogens with zero attached hydrogens (tertiary/aromatic N) is 4. The molecule has 2 unspecified atom stereocenters. The van der Waals surface area contributed by atoms with Crippen LogP contribution in [-0.2, 0) is 4.74 Å². The lowest BCUT2D eigenvalue weighted by Gasteiger charge is -2.25. The van der Waals surface area contributed by atoms with E-state index in [2.05, 4.69) is 77.4 Å². The summed E-state index contributed by atoms with van der Waals surface area (Å²) < 4.78 is 5.27. The second kappa shape index (κ2) is 15.3. The van der Waals surface area contributed by atoms with E-state index in [4.69, 9.17) is 10.5 Å². The highest BCUT2D eigenvalue weighted by Gasteiger charge is 2.20. The van der Waals surface area contributed by atoms with Gasteiger partial charge in [0.15, 0.2) is 0 Å². The van der Waals surface area contributed by atoms with Gasteiger partial charge < -0.3 is 30.1 Å². The van der Waals surface area contributed by atoms with Crippen molar-refractivity contribution >= 4 is 28.8 Å². The van der Waals surface area contributed by atoms with Crippen LogP contribution in [0.3, 0.4) is 0 Å². The van der Waals surface area contributed by atoms with E-state index in [9.17, 15) is 4.79 Å². The van der Waals surface area contributed by atoms with Gasteiger partial charge >= 0.3 is 6.09 Å². The van der Waals surface area contributed by atoms with Gasteiger partial charge in [0, 0.05) is 61.0 Å². The van der Waals surface area contributed by atoms with Crippen molar-refractivity contribution in [1.82, 2.24) is 9.80 Å².